The maximum absolute atomic E-state index is 13.3. The van der Waals surface area contributed by atoms with Crippen molar-refractivity contribution in [3.8, 4) is 11.4 Å². The molecule has 33 heavy (non-hydrogen) atoms. The highest BCUT2D eigenvalue weighted by Gasteiger charge is 2.19. The van der Waals surface area contributed by atoms with E-state index in [9.17, 15) is 14.4 Å². The molecule has 3 aromatic carbocycles. The van der Waals surface area contributed by atoms with Gasteiger partial charge in [-0.1, -0.05) is 76.7 Å². The first kappa shape index (κ1) is 23.1. The van der Waals surface area contributed by atoms with Crippen LogP contribution >= 0.6 is 46.4 Å². The zero-order chi connectivity index (χ0) is 23.7. The maximum atomic E-state index is 13.3. The largest absolute Gasteiger partial charge is 0.362 e. The summed E-state index contributed by atoms with van der Waals surface area (Å²) in [4.78, 5) is 39.8. The molecule has 0 aliphatic carbocycles. The van der Waals surface area contributed by atoms with Crippen LogP contribution < -0.4 is 17.1 Å². The van der Waals surface area contributed by atoms with Crippen molar-refractivity contribution >= 4 is 52.6 Å². The van der Waals surface area contributed by atoms with Gasteiger partial charge in [0.25, 0.3) is 0 Å². The molecule has 0 radical (unpaired) electrons. The summed E-state index contributed by atoms with van der Waals surface area (Å²) in [5, 5.41) is 4.73. The van der Waals surface area contributed by atoms with Gasteiger partial charge in [0.05, 0.1) is 37.7 Å². The minimum Gasteiger partial charge on any atom is -0.246 e. The molecule has 4 aromatic rings. The highest BCUT2D eigenvalue weighted by atomic mass is 35.5. The monoisotopic (exact) mass is 520 g/mol. The third-order valence-corrected chi connectivity index (χ3v) is 6.05. The second-order valence-corrected chi connectivity index (χ2v) is 8.31. The van der Waals surface area contributed by atoms with Crippen LogP contribution in [0.15, 0.2) is 86.2 Å². The van der Waals surface area contributed by atoms with Crippen LogP contribution in [0.4, 0.5) is 0 Å². The van der Waals surface area contributed by atoms with E-state index in [-0.39, 0.29) is 31.5 Å². The van der Waals surface area contributed by atoms with E-state index in [1.54, 1.807) is 24.3 Å². The molecule has 7 nitrogen and oxygen atoms in total. The molecule has 0 unspecified atom stereocenters. The van der Waals surface area contributed by atoms with Gasteiger partial charge in [-0.05, 0) is 42.0 Å². The van der Waals surface area contributed by atoms with Crippen molar-refractivity contribution in [1.29, 1.82) is 0 Å². The first-order valence-electron chi connectivity index (χ1n) is 9.29. The topological polar surface area (TPSA) is 78.4 Å². The molecule has 11 heteroatoms. The van der Waals surface area contributed by atoms with Gasteiger partial charge >= 0.3 is 17.1 Å². The van der Waals surface area contributed by atoms with Crippen LogP contribution in [0.2, 0.25) is 20.1 Å². The molecular weight excluding hydrogens is 510 g/mol. The van der Waals surface area contributed by atoms with E-state index in [1.165, 1.54) is 42.6 Å². The van der Waals surface area contributed by atoms with Gasteiger partial charge in [0.15, 0.2) is 0 Å². The highest BCUT2D eigenvalue weighted by Crippen LogP contribution is 2.24. The first-order chi connectivity index (χ1) is 15.8. The van der Waals surface area contributed by atoms with Gasteiger partial charge in [-0.15, -0.1) is 4.68 Å². The van der Waals surface area contributed by atoms with E-state index in [0.717, 1.165) is 9.13 Å². The van der Waals surface area contributed by atoms with E-state index >= 15 is 0 Å². The van der Waals surface area contributed by atoms with Crippen molar-refractivity contribution in [1.82, 2.24) is 13.8 Å². The summed E-state index contributed by atoms with van der Waals surface area (Å²) in [6.45, 7) is 0. The van der Waals surface area contributed by atoms with Gasteiger partial charge < -0.3 is 0 Å². The number of hydrogen-bond acceptors (Lipinski definition) is 4. The Labute approximate surface area is 206 Å². The van der Waals surface area contributed by atoms with Crippen LogP contribution in [-0.4, -0.2) is 20.0 Å². The number of halogens is 4. The molecule has 0 saturated heterocycles. The molecule has 166 valence electrons. The van der Waals surface area contributed by atoms with E-state index < -0.39 is 17.1 Å². The van der Waals surface area contributed by atoms with Crippen LogP contribution in [0.1, 0.15) is 5.56 Å². The van der Waals surface area contributed by atoms with E-state index in [0.29, 0.717) is 10.2 Å². The second-order valence-electron chi connectivity index (χ2n) is 6.68. The van der Waals surface area contributed by atoms with E-state index in [1.807, 2.05) is 6.07 Å². The molecule has 0 bridgehead atoms. The van der Waals surface area contributed by atoms with Crippen molar-refractivity contribution in [2.75, 3.05) is 0 Å². The molecule has 0 aliphatic heterocycles. The number of aromatic nitrogens is 3. The van der Waals surface area contributed by atoms with Crippen molar-refractivity contribution in [2.45, 2.75) is 0 Å². The van der Waals surface area contributed by atoms with Gasteiger partial charge in [0.2, 0.25) is 0 Å². The normalized spacial score (nSPS) is 11.3. The fourth-order valence-electron chi connectivity index (χ4n) is 2.99. The lowest BCUT2D eigenvalue weighted by Crippen LogP contribution is -2.52. The summed E-state index contributed by atoms with van der Waals surface area (Å²) in [5.41, 5.74) is -2.11. The van der Waals surface area contributed by atoms with Gasteiger partial charge in [0, 0.05) is 0 Å². The molecular formula is C22H12Cl4N4O3. The molecule has 0 spiro atoms. The quantitative estimate of drug-likeness (QED) is 0.367. The van der Waals surface area contributed by atoms with Gasteiger partial charge in [-0.2, -0.15) is 5.10 Å². The molecule has 4 rings (SSSR count). The Bertz CT molecular complexity index is 1480. The van der Waals surface area contributed by atoms with Gasteiger partial charge in [0.1, 0.15) is 0 Å². The fourth-order valence-corrected chi connectivity index (χ4v) is 3.57. The summed E-state index contributed by atoms with van der Waals surface area (Å²) in [6.07, 6.45) is 1.33. The van der Waals surface area contributed by atoms with Crippen LogP contribution in [0, 0.1) is 0 Å². The first-order valence-corrected chi connectivity index (χ1v) is 10.8. The molecule has 0 N–H and O–H groups in total. The molecule has 0 aliphatic rings. The molecule has 0 saturated carbocycles. The standard InChI is InChI=1S/C22H12Cl4N4O3/c23-16-8-6-14(10-18(16)25)28-20(31)29(15-7-9-17(24)19(26)11-15)22(33)30(21(28)32)27-12-13-4-2-1-3-5-13/h1-12H/b27-12+. The average molecular weight is 522 g/mol. The summed E-state index contributed by atoms with van der Waals surface area (Å²) in [6, 6.07) is 17.2. The SMILES string of the molecule is O=c1n(/N=C/c2ccccc2)c(=O)n(-c2ccc(Cl)c(Cl)c2)c(=O)n1-c1ccc(Cl)c(Cl)c1. The maximum Gasteiger partial charge on any atom is 0.362 e. The molecule has 1 aromatic heterocycles. The molecule has 1 heterocycles. The second kappa shape index (κ2) is 9.41. The number of benzene rings is 3. The predicted molar refractivity (Wildman–Crippen MR) is 131 cm³/mol. The third-order valence-electron chi connectivity index (χ3n) is 4.57. The lowest BCUT2D eigenvalue weighted by Gasteiger charge is -2.12. The van der Waals surface area contributed by atoms with Crippen molar-refractivity contribution in [2.24, 2.45) is 5.10 Å². The Hall–Kier alpha value is -3.10. The van der Waals surface area contributed by atoms with E-state index in [2.05, 4.69) is 5.10 Å². The smallest absolute Gasteiger partial charge is 0.246 e. The van der Waals surface area contributed by atoms with E-state index in [4.69, 9.17) is 46.4 Å². The minimum absolute atomic E-state index is 0.0943. The van der Waals surface area contributed by atoms with Crippen LogP contribution in [0.5, 0.6) is 0 Å². The Morgan fingerprint density at radius 1 is 0.606 bits per heavy atom. The van der Waals surface area contributed by atoms with Crippen molar-refractivity contribution in [3.63, 3.8) is 0 Å². The Balaban J connectivity index is 2.06. The fraction of sp³-hybridized carbons (Fsp3) is 0. The summed E-state index contributed by atoms with van der Waals surface area (Å²) >= 11 is 24.1. The highest BCUT2D eigenvalue weighted by molar-refractivity contribution is 6.42. The molecule has 0 fully saturated rings. The predicted octanol–water partition coefficient (Wildman–Crippen LogP) is 4.65. The van der Waals surface area contributed by atoms with Crippen LogP contribution in [-0.2, 0) is 0 Å². The third kappa shape index (κ3) is 4.54. The molecule has 0 atom stereocenters. The lowest BCUT2D eigenvalue weighted by atomic mass is 10.2. The van der Waals surface area contributed by atoms with Gasteiger partial charge in [-0.25, -0.2) is 23.5 Å². The van der Waals surface area contributed by atoms with Crippen molar-refractivity contribution < 1.29 is 0 Å². The number of nitrogens with zero attached hydrogens (tertiary/aromatic N) is 4. The Kier molecular flexibility index (Phi) is 6.58. The summed E-state index contributed by atoms with van der Waals surface area (Å²) in [7, 11) is 0. The number of rotatable bonds is 4. The van der Waals surface area contributed by atoms with Crippen LogP contribution in [0.25, 0.3) is 11.4 Å². The summed E-state index contributed by atoms with van der Waals surface area (Å²) in [5.74, 6) is 0. The Morgan fingerprint density at radius 2 is 1.09 bits per heavy atom. The minimum atomic E-state index is -0.994. The Morgan fingerprint density at radius 3 is 1.55 bits per heavy atom. The van der Waals surface area contributed by atoms with Crippen LogP contribution in [0.3, 0.4) is 0 Å². The van der Waals surface area contributed by atoms with Crippen molar-refractivity contribution in [3.05, 3.63) is 124 Å². The summed E-state index contributed by atoms with van der Waals surface area (Å²) < 4.78 is 2.09. The van der Waals surface area contributed by atoms with Gasteiger partial charge in [-0.3, -0.25) is 0 Å². The average Bonchev–Trinajstić information content (AvgIpc) is 2.79. The number of hydrogen-bond donors (Lipinski definition) is 0. The zero-order valence-corrected chi connectivity index (χ0v) is 19.5. The lowest BCUT2D eigenvalue weighted by molar-refractivity contribution is 0.607. The zero-order valence-electron chi connectivity index (χ0n) is 16.5. The molecule has 0 amide bonds.